The Labute approximate surface area is 132 Å². The maximum Gasteiger partial charge on any atom is 0.193 e. The van der Waals surface area contributed by atoms with E-state index in [9.17, 15) is 0 Å². The Morgan fingerprint density at radius 1 is 1.27 bits per heavy atom. The zero-order valence-electron chi connectivity index (χ0n) is 13.5. The number of benzene rings is 1. The second-order valence-corrected chi connectivity index (χ2v) is 6.02. The molecule has 1 N–H and O–H groups in total. The molecular formula is C18H24N4. The van der Waals surface area contributed by atoms with E-state index in [4.69, 9.17) is 0 Å². The molecule has 0 saturated heterocycles. The summed E-state index contributed by atoms with van der Waals surface area (Å²) in [5.41, 5.74) is 2.70. The molecule has 1 fully saturated rings. The van der Waals surface area contributed by atoms with E-state index in [1.165, 1.54) is 17.7 Å². The van der Waals surface area contributed by atoms with Crippen LogP contribution >= 0.6 is 0 Å². The van der Waals surface area contributed by atoms with Crippen molar-refractivity contribution in [2.75, 3.05) is 14.1 Å². The molecule has 4 nitrogen and oxygen atoms in total. The van der Waals surface area contributed by atoms with Gasteiger partial charge in [-0.25, -0.2) is 0 Å². The Morgan fingerprint density at radius 3 is 2.68 bits per heavy atom. The van der Waals surface area contributed by atoms with Crippen molar-refractivity contribution in [2.45, 2.75) is 24.9 Å². The number of hydrogen-bond acceptors (Lipinski definition) is 1. The van der Waals surface area contributed by atoms with Gasteiger partial charge in [-0.3, -0.25) is 4.99 Å². The molecule has 0 bridgehead atoms. The highest BCUT2D eigenvalue weighted by atomic mass is 15.3. The van der Waals surface area contributed by atoms with Gasteiger partial charge in [-0.2, -0.15) is 0 Å². The van der Waals surface area contributed by atoms with Crippen LogP contribution in [0.3, 0.4) is 0 Å². The SMILES string of the molecule is CN=C(NC1CC1c1ccccc1)N(C)Cc1cccn1C. The van der Waals surface area contributed by atoms with E-state index in [1.54, 1.807) is 0 Å². The first-order valence-electron chi connectivity index (χ1n) is 7.78. The first-order valence-corrected chi connectivity index (χ1v) is 7.78. The summed E-state index contributed by atoms with van der Waals surface area (Å²) in [4.78, 5) is 6.60. The molecule has 2 atom stereocenters. The molecule has 1 saturated carbocycles. The molecule has 0 spiro atoms. The van der Waals surface area contributed by atoms with Crippen molar-refractivity contribution < 1.29 is 0 Å². The van der Waals surface area contributed by atoms with Gasteiger partial charge in [0.1, 0.15) is 0 Å². The van der Waals surface area contributed by atoms with Crippen LogP contribution in [0.25, 0.3) is 0 Å². The average molecular weight is 296 g/mol. The van der Waals surface area contributed by atoms with Crippen molar-refractivity contribution in [1.29, 1.82) is 0 Å². The molecule has 0 radical (unpaired) electrons. The van der Waals surface area contributed by atoms with Gasteiger partial charge in [0, 0.05) is 45.0 Å². The van der Waals surface area contributed by atoms with Crippen LogP contribution in [0, 0.1) is 0 Å². The van der Waals surface area contributed by atoms with Gasteiger partial charge in [-0.05, 0) is 24.1 Å². The van der Waals surface area contributed by atoms with Gasteiger partial charge in [0.25, 0.3) is 0 Å². The number of aliphatic imine (C=N–C) groups is 1. The number of guanidine groups is 1. The standard InChI is InChI=1S/C18H24N4/c1-19-18(22(3)13-15-10-7-11-21(15)2)20-17-12-16(17)14-8-5-4-6-9-14/h4-11,16-17H,12-13H2,1-3H3,(H,19,20). The van der Waals surface area contributed by atoms with Crippen LogP contribution in [-0.4, -0.2) is 35.6 Å². The largest absolute Gasteiger partial charge is 0.353 e. The minimum atomic E-state index is 0.497. The number of hydrogen-bond donors (Lipinski definition) is 1. The van der Waals surface area contributed by atoms with Gasteiger partial charge in [0.15, 0.2) is 5.96 Å². The Morgan fingerprint density at radius 2 is 2.05 bits per heavy atom. The number of nitrogens with zero attached hydrogens (tertiary/aromatic N) is 3. The Hall–Kier alpha value is -2.23. The molecule has 2 unspecified atom stereocenters. The topological polar surface area (TPSA) is 32.6 Å². The molecular weight excluding hydrogens is 272 g/mol. The molecule has 0 aliphatic heterocycles. The molecule has 1 heterocycles. The van der Waals surface area contributed by atoms with Crippen LogP contribution in [0.2, 0.25) is 0 Å². The molecule has 0 amide bonds. The van der Waals surface area contributed by atoms with Crippen molar-refractivity contribution in [3.63, 3.8) is 0 Å². The molecule has 1 aromatic heterocycles. The average Bonchev–Trinajstić information content (AvgIpc) is 3.21. The van der Waals surface area contributed by atoms with Crippen LogP contribution in [0.5, 0.6) is 0 Å². The van der Waals surface area contributed by atoms with Gasteiger partial charge in [-0.15, -0.1) is 0 Å². The first-order chi connectivity index (χ1) is 10.7. The van der Waals surface area contributed by atoms with Crippen molar-refractivity contribution >= 4 is 5.96 Å². The second kappa shape index (κ2) is 6.26. The summed E-state index contributed by atoms with van der Waals surface area (Å²) in [5.74, 6) is 1.58. The lowest BCUT2D eigenvalue weighted by Crippen LogP contribution is -2.40. The zero-order chi connectivity index (χ0) is 15.5. The lowest BCUT2D eigenvalue weighted by Gasteiger charge is -2.22. The van der Waals surface area contributed by atoms with E-state index in [2.05, 4.69) is 82.5 Å². The zero-order valence-corrected chi connectivity index (χ0v) is 13.5. The van der Waals surface area contributed by atoms with Gasteiger partial charge in [0.05, 0.1) is 6.54 Å². The summed E-state index contributed by atoms with van der Waals surface area (Å²) < 4.78 is 2.15. The van der Waals surface area contributed by atoms with Crippen LogP contribution in [0.1, 0.15) is 23.6 Å². The summed E-state index contributed by atoms with van der Waals surface area (Å²) in [7, 11) is 6.01. The second-order valence-electron chi connectivity index (χ2n) is 6.02. The highest BCUT2D eigenvalue weighted by Crippen LogP contribution is 2.40. The third-order valence-electron chi connectivity index (χ3n) is 4.36. The van der Waals surface area contributed by atoms with E-state index in [-0.39, 0.29) is 0 Å². The van der Waals surface area contributed by atoms with Gasteiger partial charge >= 0.3 is 0 Å². The highest BCUT2D eigenvalue weighted by molar-refractivity contribution is 5.80. The highest BCUT2D eigenvalue weighted by Gasteiger charge is 2.39. The number of aryl methyl sites for hydroxylation is 1. The maximum absolute atomic E-state index is 4.43. The summed E-state index contributed by atoms with van der Waals surface area (Å²) in [6.07, 6.45) is 3.26. The molecule has 1 aliphatic carbocycles. The van der Waals surface area contributed by atoms with Gasteiger partial charge in [0.2, 0.25) is 0 Å². The normalized spacial score (nSPS) is 20.8. The number of rotatable bonds is 4. The Balaban J connectivity index is 1.58. The summed E-state index contributed by atoms with van der Waals surface area (Å²) in [5, 5.41) is 3.59. The van der Waals surface area contributed by atoms with Crippen molar-refractivity contribution in [2.24, 2.45) is 12.0 Å². The number of aromatic nitrogens is 1. The van der Waals surface area contributed by atoms with Crippen LogP contribution in [-0.2, 0) is 13.6 Å². The fourth-order valence-electron chi connectivity index (χ4n) is 2.91. The lowest BCUT2D eigenvalue weighted by atomic mass is 10.1. The van der Waals surface area contributed by atoms with Crippen molar-refractivity contribution in [3.8, 4) is 0 Å². The molecule has 116 valence electrons. The molecule has 1 aromatic carbocycles. The lowest BCUT2D eigenvalue weighted by molar-refractivity contribution is 0.461. The predicted octanol–water partition coefficient (Wildman–Crippen LogP) is 2.59. The first kappa shape index (κ1) is 14.7. The monoisotopic (exact) mass is 296 g/mol. The van der Waals surface area contributed by atoms with Gasteiger partial charge in [-0.1, -0.05) is 30.3 Å². The minimum absolute atomic E-state index is 0.497. The van der Waals surface area contributed by atoms with E-state index in [0.717, 1.165) is 12.5 Å². The third-order valence-corrected chi connectivity index (χ3v) is 4.36. The van der Waals surface area contributed by atoms with E-state index < -0.39 is 0 Å². The van der Waals surface area contributed by atoms with E-state index >= 15 is 0 Å². The van der Waals surface area contributed by atoms with E-state index in [0.29, 0.717) is 12.0 Å². The predicted molar refractivity (Wildman–Crippen MR) is 91.0 cm³/mol. The molecule has 3 rings (SSSR count). The van der Waals surface area contributed by atoms with Crippen LogP contribution in [0.4, 0.5) is 0 Å². The van der Waals surface area contributed by atoms with E-state index in [1.807, 2.05) is 7.05 Å². The van der Waals surface area contributed by atoms with Crippen LogP contribution < -0.4 is 5.32 Å². The summed E-state index contributed by atoms with van der Waals surface area (Å²) in [6.45, 7) is 0.853. The number of nitrogens with one attached hydrogen (secondary N) is 1. The quantitative estimate of drug-likeness (QED) is 0.695. The molecule has 4 heteroatoms. The third kappa shape index (κ3) is 3.16. The Bertz CT molecular complexity index is 644. The van der Waals surface area contributed by atoms with Crippen molar-refractivity contribution in [1.82, 2.24) is 14.8 Å². The van der Waals surface area contributed by atoms with Crippen LogP contribution in [0.15, 0.2) is 53.7 Å². The minimum Gasteiger partial charge on any atom is -0.353 e. The van der Waals surface area contributed by atoms with Crippen molar-refractivity contribution in [3.05, 3.63) is 59.9 Å². The molecule has 2 aromatic rings. The maximum atomic E-state index is 4.43. The molecule has 1 aliphatic rings. The summed E-state index contributed by atoms with van der Waals surface area (Å²) >= 11 is 0. The fourth-order valence-corrected chi connectivity index (χ4v) is 2.91. The Kier molecular flexibility index (Phi) is 4.18. The molecule has 22 heavy (non-hydrogen) atoms. The fraction of sp³-hybridized carbons (Fsp3) is 0.389. The summed E-state index contributed by atoms with van der Waals surface area (Å²) in [6, 6.07) is 15.4. The smallest absolute Gasteiger partial charge is 0.193 e. The van der Waals surface area contributed by atoms with Gasteiger partial charge < -0.3 is 14.8 Å².